The van der Waals surface area contributed by atoms with Gasteiger partial charge in [-0.25, -0.2) is 8.78 Å². The van der Waals surface area contributed by atoms with E-state index in [4.69, 9.17) is 9.47 Å². The van der Waals surface area contributed by atoms with Crippen LogP contribution in [-0.4, -0.2) is 25.9 Å². The van der Waals surface area contributed by atoms with E-state index < -0.39 is 16.5 Å². The molecule has 88 valence electrons. The fourth-order valence-electron chi connectivity index (χ4n) is 1.60. The molecule has 0 bridgehead atoms. The highest BCUT2D eigenvalue weighted by atomic mass is 79.9. The van der Waals surface area contributed by atoms with Crippen LogP contribution in [0.4, 0.5) is 8.78 Å². The summed E-state index contributed by atoms with van der Waals surface area (Å²) in [6.07, 6.45) is -0.287. The zero-order valence-corrected chi connectivity index (χ0v) is 10.0. The normalized spacial score (nSPS) is 23.1. The molecule has 0 N–H and O–H groups in total. The molecule has 1 aliphatic heterocycles. The summed E-state index contributed by atoms with van der Waals surface area (Å²) in [5.41, 5.74) is 0.260. The number of hydrogen-bond donors (Lipinski definition) is 0. The Morgan fingerprint density at radius 2 is 2.12 bits per heavy atom. The average molecular weight is 293 g/mol. The lowest BCUT2D eigenvalue weighted by Gasteiger charge is -2.27. The molecular formula is C11H11BrF2O2. The van der Waals surface area contributed by atoms with Crippen molar-refractivity contribution in [2.75, 3.05) is 19.8 Å². The minimum Gasteiger partial charge on any atom is -0.376 e. The van der Waals surface area contributed by atoms with Crippen LogP contribution in [0.15, 0.2) is 18.2 Å². The first-order valence-electron chi connectivity index (χ1n) is 4.97. The Kier molecular flexibility index (Phi) is 3.89. The Morgan fingerprint density at radius 3 is 2.81 bits per heavy atom. The maximum Gasteiger partial charge on any atom is 0.127 e. The van der Waals surface area contributed by atoms with Crippen LogP contribution in [0.3, 0.4) is 0 Å². The molecule has 2 nitrogen and oxygen atoms in total. The summed E-state index contributed by atoms with van der Waals surface area (Å²) in [6.45, 7) is 1.40. The lowest BCUT2D eigenvalue weighted by molar-refractivity contribution is -0.0879. The molecular weight excluding hydrogens is 282 g/mol. The highest BCUT2D eigenvalue weighted by molar-refractivity contribution is 9.09. The van der Waals surface area contributed by atoms with E-state index >= 15 is 0 Å². The van der Waals surface area contributed by atoms with E-state index in [2.05, 4.69) is 15.9 Å². The van der Waals surface area contributed by atoms with Crippen molar-refractivity contribution in [1.29, 1.82) is 0 Å². The van der Waals surface area contributed by atoms with Crippen LogP contribution in [0, 0.1) is 11.6 Å². The number of halogens is 3. The van der Waals surface area contributed by atoms with Gasteiger partial charge in [-0.2, -0.15) is 0 Å². The maximum atomic E-state index is 13.5. The third-order valence-corrected chi connectivity index (χ3v) is 3.51. The van der Waals surface area contributed by atoms with Gasteiger partial charge in [0.1, 0.15) is 11.6 Å². The Balaban J connectivity index is 2.18. The molecule has 0 saturated carbocycles. The van der Waals surface area contributed by atoms with E-state index in [9.17, 15) is 8.78 Å². The van der Waals surface area contributed by atoms with Gasteiger partial charge in [-0.3, -0.25) is 0 Å². The van der Waals surface area contributed by atoms with Crippen molar-refractivity contribution in [2.24, 2.45) is 0 Å². The SMILES string of the molecule is Fc1ccc(F)c(C(Br)C2COCCO2)c1. The van der Waals surface area contributed by atoms with Crippen LogP contribution >= 0.6 is 15.9 Å². The van der Waals surface area contributed by atoms with Crippen LogP contribution < -0.4 is 0 Å². The van der Waals surface area contributed by atoms with Crippen molar-refractivity contribution < 1.29 is 18.3 Å². The topological polar surface area (TPSA) is 18.5 Å². The van der Waals surface area contributed by atoms with Crippen molar-refractivity contribution in [1.82, 2.24) is 0 Å². The smallest absolute Gasteiger partial charge is 0.127 e. The molecule has 0 aromatic heterocycles. The predicted octanol–water partition coefficient (Wildman–Crippen LogP) is 2.82. The molecule has 0 amide bonds. The van der Waals surface area contributed by atoms with E-state index in [0.717, 1.165) is 12.1 Å². The molecule has 2 unspecified atom stereocenters. The molecule has 5 heteroatoms. The van der Waals surface area contributed by atoms with E-state index in [-0.39, 0.29) is 11.7 Å². The summed E-state index contributed by atoms with van der Waals surface area (Å²) >= 11 is 3.32. The molecule has 1 aromatic rings. The zero-order valence-electron chi connectivity index (χ0n) is 8.46. The molecule has 16 heavy (non-hydrogen) atoms. The molecule has 0 aliphatic carbocycles. The standard InChI is InChI=1S/C11H11BrF2O2/c12-11(10-6-15-3-4-16-10)8-5-7(13)1-2-9(8)14/h1-2,5,10-11H,3-4,6H2. The fraction of sp³-hybridized carbons (Fsp3) is 0.455. The van der Waals surface area contributed by atoms with Crippen LogP contribution in [0.1, 0.15) is 10.4 Å². The molecule has 0 spiro atoms. The van der Waals surface area contributed by atoms with Crippen molar-refractivity contribution in [3.05, 3.63) is 35.4 Å². The Labute approximate surface area is 101 Å². The van der Waals surface area contributed by atoms with E-state index in [1.807, 2.05) is 0 Å². The monoisotopic (exact) mass is 292 g/mol. The van der Waals surface area contributed by atoms with Crippen LogP contribution in [0.5, 0.6) is 0 Å². The highest BCUT2D eigenvalue weighted by Crippen LogP contribution is 2.32. The number of hydrogen-bond acceptors (Lipinski definition) is 2. The number of rotatable bonds is 2. The van der Waals surface area contributed by atoms with Gasteiger partial charge in [-0.1, -0.05) is 15.9 Å². The second-order valence-corrected chi connectivity index (χ2v) is 4.54. The Morgan fingerprint density at radius 1 is 1.31 bits per heavy atom. The van der Waals surface area contributed by atoms with Crippen LogP contribution in [-0.2, 0) is 9.47 Å². The number of benzene rings is 1. The molecule has 1 aliphatic rings. The van der Waals surface area contributed by atoms with Crippen molar-refractivity contribution >= 4 is 15.9 Å². The second kappa shape index (κ2) is 5.21. The van der Waals surface area contributed by atoms with Gasteiger partial charge in [0.25, 0.3) is 0 Å². The quantitative estimate of drug-likeness (QED) is 0.781. The summed E-state index contributed by atoms with van der Waals surface area (Å²) in [6, 6.07) is 3.38. The van der Waals surface area contributed by atoms with Gasteiger partial charge in [0.15, 0.2) is 0 Å². The van der Waals surface area contributed by atoms with Crippen molar-refractivity contribution in [2.45, 2.75) is 10.9 Å². The Bertz CT molecular complexity index is 367. The summed E-state index contributed by atoms with van der Waals surface area (Å²) in [5, 5.41) is 0. The minimum atomic E-state index is -0.461. The largest absolute Gasteiger partial charge is 0.376 e. The van der Waals surface area contributed by atoms with Gasteiger partial charge in [-0.05, 0) is 18.2 Å². The van der Waals surface area contributed by atoms with Gasteiger partial charge in [0.05, 0.1) is 30.8 Å². The van der Waals surface area contributed by atoms with E-state index in [0.29, 0.717) is 19.8 Å². The fourth-order valence-corrected chi connectivity index (χ4v) is 2.26. The molecule has 2 atom stereocenters. The van der Waals surface area contributed by atoms with E-state index in [1.165, 1.54) is 6.07 Å². The minimum absolute atomic E-state index is 0.260. The summed E-state index contributed by atoms with van der Waals surface area (Å²) in [7, 11) is 0. The first kappa shape index (κ1) is 12.0. The third kappa shape index (κ3) is 2.59. The molecule has 0 radical (unpaired) electrons. The van der Waals surface area contributed by atoms with Gasteiger partial charge in [-0.15, -0.1) is 0 Å². The molecule has 1 saturated heterocycles. The predicted molar refractivity (Wildman–Crippen MR) is 58.6 cm³/mol. The van der Waals surface area contributed by atoms with Gasteiger partial charge in [0, 0.05) is 5.56 Å². The molecule has 2 rings (SSSR count). The molecule has 1 aromatic carbocycles. The summed E-state index contributed by atoms with van der Waals surface area (Å²) in [4.78, 5) is -0.400. The van der Waals surface area contributed by atoms with Crippen molar-refractivity contribution in [3.8, 4) is 0 Å². The Hall–Kier alpha value is -0.520. The van der Waals surface area contributed by atoms with Gasteiger partial charge in [0.2, 0.25) is 0 Å². The first-order valence-corrected chi connectivity index (χ1v) is 5.88. The second-order valence-electron chi connectivity index (χ2n) is 3.55. The highest BCUT2D eigenvalue weighted by Gasteiger charge is 2.26. The molecule has 1 fully saturated rings. The summed E-state index contributed by atoms with van der Waals surface area (Å²) in [5.74, 6) is -0.907. The summed E-state index contributed by atoms with van der Waals surface area (Å²) < 4.78 is 37.1. The number of ether oxygens (including phenoxy) is 2. The average Bonchev–Trinajstić information content (AvgIpc) is 2.32. The first-order chi connectivity index (χ1) is 7.68. The van der Waals surface area contributed by atoms with Gasteiger partial charge >= 0.3 is 0 Å². The molecule has 1 heterocycles. The maximum absolute atomic E-state index is 13.5. The zero-order chi connectivity index (χ0) is 11.5. The van der Waals surface area contributed by atoms with E-state index in [1.54, 1.807) is 0 Å². The lowest BCUT2D eigenvalue weighted by atomic mass is 10.1. The number of alkyl halides is 1. The van der Waals surface area contributed by atoms with Gasteiger partial charge < -0.3 is 9.47 Å². The lowest BCUT2D eigenvalue weighted by Crippen LogP contribution is -2.32. The van der Waals surface area contributed by atoms with Crippen LogP contribution in [0.2, 0.25) is 0 Å². The third-order valence-electron chi connectivity index (χ3n) is 2.42. The van der Waals surface area contributed by atoms with Crippen molar-refractivity contribution in [3.63, 3.8) is 0 Å². The van der Waals surface area contributed by atoms with Crippen LogP contribution in [0.25, 0.3) is 0 Å².